The Morgan fingerprint density at radius 2 is 1.85 bits per heavy atom. The van der Waals surface area contributed by atoms with Crippen molar-refractivity contribution in [1.29, 1.82) is 0 Å². The minimum absolute atomic E-state index is 0.261. The molecule has 1 aromatic carbocycles. The Hall–Kier alpha value is -0.860. The van der Waals surface area contributed by atoms with Crippen LogP contribution in [0, 0.1) is 5.92 Å². The fraction of sp³-hybridized carbons (Fsp3) is 0.667. The van der Waals surface area contributed by atoms with Gasteiger partial charge in [0, 0.05) is 12.1 Å². The highest BCUT2D eigenvalue weighted by atomic mass is 16.3. The topological polar surface area (TPSA) is 32.3 Å². The van der Waals surface area contributed by atoms with Crippen LogP contribution in [0.5, 0.6) is 0 Å². The summed E-state index contributed by atoms with van der Waals surface area (Å²) in [6.45, 7) is 2.21. The van der Waals surface area contributed by atoms with Crippen molar-refractivity contribution in [2.75, 3.05) is 0 Å². The first-order valence-corrected chi connectivity index (χ1v) is 8.23. The maximum Gasteiger partial charge on any atom is 0.0828 e. The van der Waals surface area contributed by atoms with Gasteiger partial charge in [0.05, 0.1) is 5.60 Å². The first-order chi connectivity index (χ1) is 9.70. The zero-order valence-corrected chi connectivity index (χ0v) is 12.5. The molecule has 1 aromatic rings. The quantitative estimate of drug-likeness (QED) is 0.877. The van der Waals surface area contributed by atoms with Gasteiger partial charge in [-0.2, -0.15) is 0 Å². The molecule has 2 fully saturated rings. The van der Waals surface area contributed by atoms with E-state index in [9.17, 15) is 5.11 Å². The van der Waals surface area contributed by atoms with Crippen LogP contribution in [0.15, 0.2) is 30.3 Å². The van der Waals surface area contributed by atoms with Gasteiger partial charge < -0.3 is 10.4 Å². The highest BCUT2D eigenvalue weighted by Crippen LogP contribution is 2.44. The molecule has 2 aliphatic carbocycles. The van der Waals surface area contributed by atoms with Crippen molar-refractivity contribution < 1.29 is 5.11 Å². The number of nitrogens with one attached hydrogen (secondary N) is 1. The summed E-state index contributed by atoms with van der Waals surface area (Å²) in [5, 5.41) is 14.9. The van der Waals surface area contributed by atoms with Crippen LogP contribution in [0.1, 0.15) is 63.5 Å². The minimum Gasteiger partial charge on any atom is -0.388 e. The molecular formula is C18H27NO. The van der Waals surface area contributed by atoms with E-state index in [0.717, 1.165) is 12.8 Å². The third-order valence-corrected chi connectivity index (χ3v) is 5.49. The van der Waals surface area contributed by atoms with E-state index in [0.29, 0.717) is 12.0 Å². The molecule has 2 aliphatic rings. The van der Waals surface area contributed by atoms with Gasteiger partial charge in [0.25, 0.3) is 0 Å². The summed E-state index contributed by atoms with van der Waals surface area (Å²) in [4.78, 5) is 0. The average molecular weight is 273 g/mol. The van der Waals surface area contributed by atoms with Gasteiger partial charge in [-0.15, -0.1) is 0 Å². The molecule has 3 rings (SSSR count). The maximum atomic E-state index is 11.2. The molecule has 1 unspecified atom stereocenters. The zero-order chi connectivity index (χ0) is 14.0. The lowest BCUT2D eigenvalue weighted by atomic mass is 9.64. The second-order valence-electron chi connectivity index (χ2n) is 6.72. The van der Waals surface area contributed by atoms with Gasteiger partial charge in [0.1, 0.15) is 0 Å². The molecule has 20 heavy (non-hydrogen) atoms. The third-order valence-electron chi connectivity index (χ3n) is 5.49. The van der Waals surface area contributed by atoms with Crippen LogP contribution in [0.4, 0.5) is 0 Å². The lowest BCUT2D eigenvalue weighted by Gasteiger charge is -2.50. The fourth-order valence-corrected chi connectivity index (χ4v) is 4.29. The van der Waals surface area contributed by atoms with E-state index in [2.05, 4.69) is 42.6 Å². The lowest BCUT2D eigenvalue weighted by Crippen LogP contribution is -2.59. The predicted molar refractivity (Wildman–Crippen MR) is 82.5 cm³/mol. The molecular weight excluding hydrogens is 246 g/mol. The van der Waals surface area contributed by atoms with Gasteiger partial charge in [0.15, 0.2) is 0 Å². The summed E-state index contributed by atoms with van der Waals surface area (Å²) in [6.07, 6.45) is 8.27. The number of aliphatic hydroxyl groups is 1. The molecule has 2 heteroatoms. The van der Waals surface area contributed by atoms with Crippen LogP contribution in [0.3, 0.4) is 0 Å². The number of rotatable bonds is 3. The molecule has 0 amide bonds. The molecule has 0 bridgehead atoms. The Bertz CT molecular complexity index is 430. The summed E-state index contributed by atoms with van der Waals surface area (Å²) in [5.74, 6) is 0.519. The predicted octanol–water partition coefficient (Wildman–Crippen LogP) is 3.81. The van der Waals surface area contributed by atoms with Crippen LogP contribution >= 0.6 is 0 Å². The van der Waals surface area contributed by atoms with Crippen molar-refractivity contribution in [3.8, 4) is 0 Å². The SMILES string of the molecule is CC(N[C@H]1CCC[C@H]2CCCC[C@]21O)c1ccccc1. The largest absolute Gasteiger partial charge is 0.388 e. The number of hydrogen-bond acceptors (Lipinski definition) is 2. The molecule has 0 spiro atoms. The molecule has 2 nitrogen and oxygen atoms in total. The summed E-state index contributed by atoms with van der Waals surface area (Å²) >= 11 is 0. The molecule has 0 heterocycles. The van der Waals surface area contributed by atoms with Gasteiger partial charge in [-0.25, -0.2) is 0 Å². The molecule has 0 saturated heterocycles. The first kappa shape index (κ1) is 14.1. The Morgan fingerprint density at radius 1 is 1.10 bits per heavy atom. The summed E-state index contributed by atoms with van der Waals surface area (Å²) in [6, 6.07) is 11.1. The molecule has 0 radical (unpaired) electrons. The van der Waals surface area contributed by atoms with Crippen LogP contribution in [-0.2, 0) is 0 Å². The Kier molecular flexibility index (Phi) is 4.13. The summed E-state index contributed by atoms with van der Waals surface area (Å²) in [5.41, 5.74) is 0.855. The van der Waals surface area contributed by atoms with Crippen molar-refractivity contribution in [2.45, 2.75) is 69.6 Å². The zero-order valence-electron chi connectivity index (χ0n) is 12.5. The van der Waals surface area contributed by atoms with Crippen LogP contribution in [0.25, 0.3) is 0 Å². The highest BCUT2D eigenvalue weighted by molar-refractivity contribution is 5.19. The van der Waals surface area contributed by atoms with Crippen LogP contribution in [0.2, 0.25) is 0 Å². The second-order valence-corrected chi connectivity index (χ2v) is 6.72. The minimum atomic E-state index is -0.459. The van der Waals surface area contributed by atoms with Gasteiger partial charge in [-0.1, -0.05) is 49.6 Å². The number of hydrogen-bond donors (Lipinski definition) is 2. The summed E-state index contributed by atoms with van der Waals surface area (Å²) in [7, 11) is 0. The third kappa shape index (κ3) is 2.64. The second kappa shape index (κ2) is 5.87. The summed E-state index contributed by atoms with van der Waals surface area (Å²) < 4.78 is 0. The highest BCUT2D eigenvalue weighted by Gasteiger charge is 2.47. The van der Waals surface area contributed by atoms with E-state index in [1.54, 1.807) is 0 Å². The number of benzene rings is 1. The van der Waals surface area contributed by atoms with Crippen LogP contribution in [-0.4, -0.2) is 16.7 Å². The van der Waals surface area contributed by atoms with Crippen molar-refractivity contribution in [3.63, 3.8) is 0 Å². The standard InChI is InChI=1S/C18H27NO/c1-14(15-8-3-2-4-9-15)19-17-12-7-11-16-10-5-6-13-18(16,17)20/h2-4,8-9,14,16-17,19-20H,5-7,10-13H2,1H3/t14?,16-,17+,18+/m1/s1. The fourth-order valence-electron chi connectivity index (χ4n) is 4.29. The van der Waals surface area contributed by atoms with E-state index < -0.39 is 5.60 Å². The van der Waals surface area contributed by atoms with E-state index >= 15 is 0 Å². The Labute approximate surface area is 122 Å². The van der Waals surface area contributed by atoms with E-state index in [4.69, 9.17) is 0 Å². The maximum absolute atomic E-state index is 11.2. The van der Waals surface area contributed by atoms with Crippen molar-refractivity contribution >= 4 is 0 Å². The van der Waals surface area contributed by atoms with Crippen molar-refractivity contribution in [2.24, 2.45) is 5.92 Å². The molecule has 2 N–H and O–H groups in total. The van der Waals surface area contributed by atoms with E-state index in [1.165, 1.54) is 37.7 Å². The van der Waals surface area contributed by atoms with Gasteiger partial charge in [-0.3, -0.25) is 0 Å². The average Bonchev–Trinajstić information content (AvgIpc) is 2.49. The lowest BCUT2D eigenvalue weighted by molar-refractivity contribution is -0.101. The first-order valence-electron chi connectivity index (χ1n) is 8.23. The molecule has 2 saturated carbocycles. The van der Waals surface area contributed by atoms with Crippen LogP contribution < -0.4 is 5.32 Å². The van der Waals surface area contributed by atoms with Crippen molar-refractivity contribution in [1.82, 2.24) is 5.32 Å². The molecule has 110 valence electrons. The monoisotopic (exact) mass is 273 g/mol. The van der Waals surface area contributed by atoms with Crippen molar-refractivity contribution in [3.05, 3.63) is 35.9 Å². The molecule has 4 atom stereocenters. The smallest absolute Gasteiger partial charge is 0.0828 e. The Balaban J connectivity index is 1.72. The Morgan fingerprint density at radius 3 is 2.65 bits per heavy atom. The molecule has 0 aromatic heterocycles. The van der Waals surface area contributed by atoms with E-state index in [1.807, 2.05) is 0 Å². The van der Waals surface area contributed by atoms with Gasteiger partial charge in [0.2, 0.25) is 0 Å². The normalized spacial score (nSPS) is 35.3. The van der Waals surface area contributed by atoms with Gasteiger partial charge >= 0.3 is 0 Å². The molecule has 0 aliphatic heterocycles. The van der Waals surface area contributed by atoms with Gasteiger partial charge in [-0.05, 0) is 44.1 Å². The van der Waals surface area contributed by atoms with E-state index in [-0.39, 0.29) is 6.04 Å². The number of fused-ring (bicyclic) bond motifs is 1.